The third-order valence-electron chi connectivity index (χ3n) is 13.3. The fourth-order valence-corrected chi connectivity index (χ4v) is 10.6. The summed E-state index contributed by atoms with van der Waals surface area (Å²) < 4.78 is 0. The van der Waals surface area contributed by atoms with Crippen LogP contribution in [0.5, 0.6) is 0 Å². The molecule has 0 saturated heterocycles. The van der Waals surface area contributed by atoms with Gasteiger partial charge >= 0.3 is 0 Å². The quantitative estimate of drug-likeness (QED) is 0.152. The Morgan fingerprint density at radius 1 is 0.441 bits per heavy atom. The second-order valence-electron chi connectivity index (χ2n) is 16.4. The standard InChI is InChI=1S/C57H46N2/c1-5-17-41(18-6-1)43-27-31-48(32-28-43)58(46-22-9-3-10-23-46)50-35-36-52-53(40-50)57(37-15-16-38-57)54-39-45-21-13-14-26-51(45)56(55(52)54)59(47-24-11-4-12-25-47)49-33-29-44(30-34-49)42-19-7-2-8-20-42/h1-14,17-36,39-40,52-53H,15-16,37-38H2. The molecular weight excluding hydrogens is 713 g/mol. The van der Waals surface area contributed by atoms with Gasteiger partial charge < -0.3 is 9.80 Å². The van der Waals surface area contributed by atoms with Gasteiger partial charge in [-0.05, 0) is 112 Å². The zero-order chi connectivity index (χ0) is 39.2. The van der Waals surface area contributed by atoms with Crippen LogP contribution in [0, 0.1) is 5.92 Å². The third kappa shape index (κ3) is 6.10. The molecule has 3 aliphatic carbocycles. The van der Waals surface area contributed by atoms with Gasteiger partial charge in [0, 0.05) is 45.2 Å². The number of nitrogens with zero attached hydrogens (tertiary/aromatic N) is 2. The minimum Gasteiger partial charge on any atom is -0.311 e. The van der Waals surface area contributed by atoms with E-state index < -0.39 is 0 Å². The zero-order valence-electron chi connectivity index (χ0n) is 33.2. The first-order valence-corrected chi connectivity index (χ1v) is 21.2. The van der Waals surface area contributed by atoms with E-state index in [-0.39, 0.29) is 11.3 Å². The smallest absolute Gasteiger partial charge is 0.0581 e. The summed E-state index contributed by atoms with van der Waals surface area (Å²) in [6, 6.07) is 73.3. The van der Waals surface area contributed by atoms with E-state index in [9.17, 15) is 0 Å². The monoisotopic (exact) mass is 758 g/mol. The Hall–Kier alpha value is -6.90. The molecule has 0 radical (unpaired) electrons. The molecule has 3 aliphatic rings. The van der Waals surface area contributed by atoms with Crippen LogP contribution in [-0.4, -0.2) is 0 Å². The normalized spacial score (nSPS) is 17.4. The Morgan fingerprint density at radius 2 is 0.898 bits per heavy atom. The lowest BCUT2D eigenvalue weighted by Gasteiger charge is -2.36. The lowest BCUT2D eigenvalue weighted by atomic mass is 9.70. The molecule has 0 aliphatic heterocycles. The molecule has 0 heterocycles. The highest BCUT2D eigenvalue weighted by molar-refractivity contribution is 6.03. The summed E-state index contributed by atoms with van der Waals surface area (Å²) in [7, 11) is 0. The van der Waals surface area contributed by atoms with Crippen LogP contribution in [0.3, 0.4) is 0 Å². The van der Waals surface area contributed by atoms with E-state index in [4.69, 9.17) is 0 Å². The van der Waals surface area contributed by atoms with E-state index >= 15 is 0 Å². The van der Waals surface area contributed by atoms with Gasteiger partial charge in [0.1, 0.15) is 0 Å². The van der Waals surface area contributed by atoms with Crippen molar-refractivity contribution in [3.8, 4) is 22.3 Å². The van der Waals surface area contributed by atoms with Crippen molar-refractivity contribution in [3.05, 3.63) is 235 Å². The predicted octanol–water partition coefficient (Wildman–Crippen LogP) is 15.5. The number of benzene rings is 8. The predicted molar refractivity (Wildman–Crippen MR) is 248 cm³/mol. The highest BCUT2D eigenvalue weighted by Crippen LogP contribution is 2.64. The molecule has 2 unspecified atom stereocenters. The lowest BCUT2D eigenvalue weighted by molar-refractivity contribution is 0.335. The van der Waals surface area contributed by atoms with Crippen molar-refractivity contribution in [2.45, 2.75) is 37.0 Å². The van der Waals surface area contributed by atoms with Gasteiger partial charge in [0.05, 0.1) is 5.69 Å². The molecule has 1 saturated carbocycles. The summed E-state index contributed by atoms with van der Waals surface area (Å²) in [4.78, 5) is 5.02. The van der Waals surface area contributed by atoms with Gasteiger partial charge in [-0.1, -0.05) is 177 Å². The summed E-state index contributed by atoms with van der Waals surface area (Å²) in [5, 5.41) is 2.61. The molecule has 8 aromatic carbocycles. The Balaban J connectivity index is 1.08. The first-order valence-electron chi connectivity index (χ1n) is 21.2. The Morgan fingerprint density at radius 3 is 1.47 bits per heavy atom. The molecule has 284 valence electrons. The molecule has 2 heteroatoms. The fourth-order valence-electron chi connectivity index (χ4n) is 10.6. The topological polar surface area (TPSA) is 6.48 Å². The van der Waals surface area contributed by atoms with E-state index in [2.05, 4.69) is 228 Å². The van der Waals surface area contributed by atoms with Crippen molar-refractivity contribution in [2.75, 3.05) is 9.80 Å². The molecule has 1 spiro atoms. The molecule has 1 fully saturated rings. The number of fused-ring (bicyclic) bond motifs is 6. The van der Waals surface area contributed by atoms with Gasteiger partial charge in [-0.2, -0.15) is 0 Å². The molecule has 59 heavy (non-hydrogen) atoms. The Labute approximate surface area is 348 Å². The number of allylic oxidation sites excluding steroid dienone is 3. The Bertz CT molecular complexity index is 2800. The second-order valence-corrected chi connectivity index (χ2v) is 16.4. The van der Waals surface area contributed by atoms with Crippen LogP contribution in [0.4, 0.5) is 28.4 Å². The molecule has 0 bridgehead atoms. The number of hydrogen-bond acceptors (Lipinski definition) is 2. The van der Waals surface area contributed by atoms with Crippen LogP contribution >= 0.6 is 0 Å². The van der Waals surface area contributed by atoms with Gasteiger partial charge in [0.25, 0.3) is 0 Å². The highest BCUT2D eigenvalue weighted by atomic mass is 15.2. The van der Waals surface area contributed by atoms with E-state index in [0.29, 0.717) is 5.92 Å². The molecule has 8 aromatic rings. The fraction of sp³-hybridized carbons (Fsp3) is 0.123. The van der Waals surface area contributed by atoms with Gasteiger partial charge in [-0.25, -0.2) is 0 Å². The third-order valence-corrected chi connectivity index (χ3v) is 13.3. The van der Waals surface area contributed by atoms with Gasteiger partial charge in [0.15, 0.2) is 0 Å². The van der Waals surface area contributed by atoms with Crippen molar-refractivity contribution >= 4 is 39.2 Å². The van der Waals surface area contributed by atoms with E-state index in [1.54, 1.807) is 5.56 Å². The number of anilines is 5. The minimum atomic E-state index is 0.0494. The zero-order valence-corrected chi connectivity index (χ0v) is 33.2. The maximum absolute atomic E-state index is 2.66. The number of rotatable bonds is 8. The largest absolute Gasteiger partial charge is 0.311 e. The van der Waals surface area contributed by atoms with E-state index in [1.165, 1.54) is 98.4 Å². The number of para-hydroxylation sites is 2. The summed E-state index contributed by atoms with van der Waals surface area (Å²) in [5.41, 5.74) is 15.2. The summed E-state index contributed by atoms with van der Waals surface area (Å²) in [6.07, 6.45) is 12.5. The van der Waals surface area contributed by atoms with Crippen molar-refractivity contribution in [2.24, 2.45) is 5.92 Å². The van der Waals surface area contributed by atoms with Crippen molar-refractivity contribution in [1.82, 2.24) is 0 Å². The maximum Gasteiger partial charge on any atom is 0.0581 e. The SMILES string of the molecule is C1=CC2c3c(cc4ccccc4c3N(c3ccccc3)c3ccc(-c4ccccc4)cc3)C3(CCCC3)C2C=C1N(c1ccccc1)c1ccc(-c2ccccc2)cc1. The van der Waals surface area contributed by atoms with Crippen molar-refractivity contribution in [3.63, 3.8) is 0 Å². The average molecular weight is 759 g/mol. The molecule has 0 amide bonds. The van der Waals surface area contributed by atoms with Crippen molar-refractivity contribution < 1.29 is 0 Å². The molecule has 2 atom stereocenters. The summed E-state index contributed by atoms with van der Waals surface area (Å²) in [5.74, 6) is 0.558. The molecular formula is C57H46N2. The van der Waals surface area contributed by atoms with E-state index in [0.717, 1.165) is 0 Å². The lowest BCUT2D eigenvalue weighted by Crippen LogP contribution is -2.31. The molecule has 0 aromatic heterocycles. The molecule has 0 N–H and O–H groups in total. The maximum atomic E-state index is 2.66. The second kappa shape index (κ2) is 14.8. The Kier molecular flexibility index (Phi) is 8.85. The first kappa shape index (κ1) is 35.3. The van der Waals surface area contributed by atoms with Crippen LogP contribution in [0.25, 0.3) is 33.0 Å². The average Bonchev–Trinajstić information content (AvgIpc) is 3.91. The van der Waals surface area contributed by atoms with Crippen LogP contribution in [0.15, 0.2) is 224 Å². The van der Waals surface area contributed by atoms with E-state index in [1.807, 2.05) is 0 Å². The van der Waals surface area contributed by atoms with Gasteiger partial charge in [-0.15, -0.1) is 0 Å². The van der Waals surface area contributed by atoms with Crippen LogP contribution in [0.1, 0.15) is 42.7 Å². The minimum absolute atomic E-state index is 0.0494. The van der Waals surface area contributed by atoms with Crippen LogP contribution in [-0.2, 0) is 5.41 Å². The van der Waals surface area contributed by atoms with Crippen LogP contribution in [0.2, 0.25) is 0 Å². The van der Waals surface area contributed by atoms with Gasteiger partial charge in [0.2, 0.25) is 0 Å². The van der Waals surface area contributed by atoms with Crippen LogP contribution < -0.4 is 9.80 Å². The molecule has 2 nitrogen and oxygen atoms in total. The van der Waals surface area contributed by atoms with Crippen molar-refractivity contribution in [1.29, 1.82) is 0 Å². The summed E-state index contributed by atoms with van der Waals surface area (Å²) >= 11 is 0. The van der Waals surface area contributed by atoms with Gasteiger partial charge in [-0.3, -0.25) is 0 Å². The number of hydrogen-bond donors (Lipinski definition) is 0. The molecule has 11 rings (SSSR count). The highest BCUT2D eigenvalue weighted by Gasteiger charge is 2.54. The summed E-state index contributed by atoms with van der Waals surface area (Å²) in [6.45, 7) is 0. The first-order chi connectivity index (χ1) is 29.2.